The Morgan fingerprint density at radius 1 is 1.37 bits per heavy atom. The minimum atomic E-state index is 0. The van der Waals surface area contributed by atoms with Crippen LogP contribution in [0.25, 0.3) is 0 Å². The van der Waals surface area contributed by atoms with Crippen molar-refractivity contribution in [1.29, 1.82) is 0 Å². The van der Waals surface area contributed by atoms with Crippen LogP contribution in [0.5, 0.6) is 0 Å². The highest BCUT2D eigenvalue weighted by Gasteiger charge is 2.23. The largest absolute Gasteiger partial charge is 0.356 e. The molecule has 2 rings (SSSR count). The molecule has 0 spiro atoms. The van der Waals surface area contributed by atoms with Gasteiger partial charge in [0.25, 0.3) is 0 Å². The Bertz CT molecular complexity index is 436. The second kappa shape index (κ2) is 7.95. The second-order valence-electron chi connectivity index (χ2n) is 4.49. The average molecular weight is 324 g/mol. The van der Waals surface area contributed by atoms with Crippen molar-refractivity contribution in [2.45, 2.75) is 12.8 Å². The fourth-order valence-corrected chi connectivity index (χ4v) is 2.34. The SMILES string of the molecule is Cl.O=C(NCCCc1ccc(Cl)cc1Cl)C1CNC1. The number of hydrogen-bond donors (Lipinski definition) is 2. The van der Waals surface area contributed by atoms with E-state index in [9.17, 15) is 4.79 Å². The molecular weight excluding hydrogens is 307 g/mol. The van der Waals surface area contributed by atoms with Crippen molar-refractivity contribution >= 4 is 41.5 Å². The van der Waals surface area contributed by atoms with Crippen molar-refractivity contribution in [2.24, 2.45) is 5.92 Å². The van der Waals surface area contributed by atoms with Gasteiger partial charge in [0.1, 0.15) is 0 Å². The Morgan fingerprint density at radius 3 is 2.68 bits per heavy atom. The molecule has 1 aliphatic rings. The first-order valence-corrected chi connectivity index (χ1v) is 6.85. The summed E-state index contributed by atoms with van der Waals surface area (Å²) >= 11 is 11.9. The van der Waals surface area contributed by atoms with Gasteiger partial charge in [0, 0.05) is 29.7 Å². The van der Waals surface area contributed by atoms with E-state index in [4.69, 9.17) is 23.2 Å². The Balaban J connectivity index is 0.00000180. The van der Waals surface area contributed by atoms with Crippen LogP contribution in [0.4, 0.5) is 0 Å². The first-order valence-electron chi connectivity index (χ1n) is 6.09. The predicted octanol–water partition coefficient (Wildman–Crippen LogP) is 2.68. The molecule has 6 heteroatoms. The molecule has 0 saturated carbocycles. The van der Waals surface area contributed by atoms with Crippen LogP contribution in [0, 0.1) is 5.92 Å². The van der Waals surface area contributed by atoms with Crippen molar-refractivity contribution in [3.05, 3.63) is 33.8 Å². The zero-order valence-corrected chi connectivity index (χ0v) is 12.7. The summed E-state index contributed by atoms with van der Waals surface area (Å²) in [7, 11) is 0. The van der Waals surface area contributed by atoms with E-state index in [1.54, 1.807) is 6.07 Å². The molecule has 1 aliphatic heterocycles. The Morgan fingerprint density at radius 2 is 2.11 bits per heavy atom. The molecule has 1 aromatic carbocycles. The lowest BCUT2D eigenvalue weighted by Crippen LogP contribution is -2.50. The molecule has 3 nitrogen and oxygen atoms in total. The molecule has 106 valence electrons. The highest BCUT2D eigenvalue weighted by atomic mass is 35.5. The zero-order valence-electron chi connectivity index (χ0n) is 10.4. The van der Waals surface area contributed by atoms with Crippen molar-refractivity contribution in [3.8, 4) is 0 Å². The summed E-state index contributed by atoms with van der Waals surface area (Å²) in [6.45, 7) is 2.29. The van der Waals surface area contributed by atoms with Crippen LogP contribution >= 0.6 is 35.6 Å². The van der Waals surface area contributed by atoms with Gasteiger partial charge in [0.15, 0.2) is 0 Å². The van der Waals surface area contributed by atoms with Gasteiger partial charge < -0.3 is 10.6 Å². The third-order valence-electron chi connectivity index (χ3n) is 3.09. The van der Waals surface area contributed by atoms with Gasteiger partial charge >= 0.3 is 0 Å². The molecule has 1 heterocycles. The molecular formula is C13H17Cl3N2O. The molecule has 0 aromatic heterocycles. The van der Waals surface area contributed by atoms with Crippen LogP contribution in [0.2, 0.25) is 10.0 Å². The molecule has 1 fully saturated rings. The minimum Gasteiger partial charge on any atom is -0.356 e. The highest BCUT2D eigenvalue weighted by molar-refractivity contribution is 6.35. The summed E-state index contributed by atoms with van der Waals surface area (Å²) in [4.78, 5) is 11.6. The van der Waals surface area contributed by atoms with Crippen LogP contribution in [-0.2, 0) is 11.2 Å². The van der Waals surface area contributed by atoms with Gasteiger partial charge in [-0.2, -0.15) is 0 Å². The van der Waals surface area contributed by atoms with Gasteiger partial charge in [-0.3, -0.25) is 4.79 Å². The van der Waals surface area contributed by atoms with E-state index in [1.165, 1.54) is 0 Å². The predicted molar refractivity (Wildman–Crippen MR) is 81.4 cm³/mol. The Labute approximate surface area is 129 Å². The van der Waals surface area contributed by atoms with Crippen molar-refractivity contribution in [2.75, 3.05) is 19.6 Å². The average Bonchev–Trinajstić information content (AvgIpc) is 2.24. The number of aryl methyl sites for hydroxylation is 1. The molecule has 0 aliphatic carbocycles. The number of carbonyl (C=O) groups excluding carboxylic acids is 1. The summed E-state index contributed by atoms with van der Waals surface area (Å²) in [5, 5.41) is 7.36. The number of halogens is 3. The minimum absolute atomic E-state index is 0. The third kappa shape index (κ3) is 4.84. The van der Waals surface area contributed by atoms with E-state index >= 15 is 0 Å². The molecule has 1 saturated heterocycles. The smallest absolute Gasteiger partial charge is 0.225 e. The summed E-state index contributed by atoms with van der Waals surface area (Å²) in [5.41, 5.74) is 1.07. The quantitative estimate of drug-likeness (QED) is 0.818. The van der Waals surface area contributed by atoms with Gasteiger partial charge in [-0.05, 0) is 30.5 Å². The van der Waals surface area contributed by atoms with Crippen LogP contribution in [0.1, 0.15) is 12.0 Å². The van der Waals surface area contributed by atoms with E-state index < -0.39 is 0 Å². The molecule has 1 aromatic rings. The first-order chi connectivity index (χ1) is 8.66. The monoisotopic (exact) mass is 322 g/mol. The molecule has 19 heavy (non-hydrogen) atoms. The lowest BCUT2D eigenvalue weighted by molar-refractivity contribution is -0.126. The number of benzene rings is 1. The maximum atomic E-state index is 11.6. The standard InChI is InChI=1S/C13H16Cl2N2O.ClH/c14-11-4-3-9(12(15)6-11)2-1-5-17-13(18)10-7-16-8-10;/h3-4,6,10,16H,1-2,5,7-8H2,(H,17,18);1H. The van der Waals surface area contributed by atoms with E-state index in [0.717, 1.165) is 31.5 Å². The number of amides is 1. The van der Waals surface area contributed by atoms with Crippen molar-refractivity contribution in [3.63, 3.8) is 0 Å². The van der Waals surface area contributed by atoms with Crippen LogP contribution in [-0.4, -0.2) is 25.5 Å². The third-order valence-corrected chi connectivity index (χ3v) is 3.68. The highest BCUT2D eigenvalue weighted by Crippen LogP contribution is 2.21. The van der Waals surface area contributed by atoms with Crippen molar-refractivity contribution < 1.29 is 4.79 Å². The van der Waals surface area contributed by atoms with Gasteiger partial charge in [0.2, 0.25) is 5.91 Å². The lowest BCUT2D eigenvalue weighted by Gasteiger charge is -2.25. The summed E-state index contributed by atoms with van der Waals surface area (Å²) in [6.07, 6.45) is 1.73. The summed E-state index contributed by atoms with van der Waals surface area (Å²) in [5.74, 6) is 0.306. The van der Waals surface area contributed by atoms with E-state index in [-0.39, 0.29) is 24.2 Å². The maximum Gasteiger partial charge on any atom is 0.225 e. The molecule has 0 radical (unpaired) electrons. The first kappa shape index (κ1) is 16.6. The molecule has 1 amide bonds. The fraction of sp³-hybridized carbons (Fsp3) is 0.462. The molecule has 2 N–H and O–H groups in total. The fourth-order valence-electron chi connectivity index (χ4n) is 1.83. The Kier molecular flexibility index (Phi) is 6.94. The topological polar surface area (TPSA) is 41.1 Å². The van der Waals surface area contributed by atoms with Gasteiger partial charge in [-0.15, -0.1) is 12.4 Å². The van der Waals surface area contributed by atoms with Crippen molar-refractivity contribution in [1.82, 2.24) is 10.6 Å². The maximum absolute atomic E-state index is 11.6. The lowest BCUT2D eigenvalue weighted by atomic mass is 10.0. The number of rotatable bonds is 5. The number of nitrogens with one attached hydrogen (secondary N) is 2. The molecule has 0 bridgehead atoms. The van der Waals surface area contributed by atoms with Gasteiger partial charge in [-0.25, -0.2) is 0 Å². The second-order valence-corrected chi connectivity index (χ2v) is 5.33. The number of carbonyl (C=O) groups is 1. The normalized spacial score (nSPS) is 14.4. The van der Waals surface area contributed by atoms with E-state index in [1.807, 2.05) is 12.1 Å². The van der Waals surface area contributed by atoms with Gasteiger partial charge in [-0.1, -0.05) is 29.3 Å². The van der Waals surface area contributed by atoms with E-state index in [2.05, 4.69) is 10.6 Å². The number of hydrogen-bond acceptors (Lipinski definition) is 2. The summed E-state index contributed by atoms with van der Waals surface area (Å²) < 4.78 is 0. The van der Waals surface area contributed by atoms with E-state index in [0.29, 0.717) is 16.6 Å². The zero-order chi connectivity index (χ0) is 13.0. The summed E-state index contributed by atoms with van der Waals surface area (Å²) in [6, 6.07) is 5.51. The van der Waals surface area contributed by atoms with Gasteiger partial charge in [0.05, 0.1) is 5.92 Å². The van der Waals surface area contributed by atoms with Crippen LogP contribution in [0.15, 0.2) is 18.2 Å². The molecule has 0 atom stereocenters. The Hall–Kier alpha value is -0.480. The van der Waals surface area contributed by atoms with Crippen LogP contribution in [0.3, 0.4) is 0 Å². The van der Waals surface area contributed by atoms with Crippen LogP contribution < -0.4 is 10.6 Å². The molecule has 0 unspecified atom stereocenters.